The van der Waals surface area contributed by atoms with Crippen molar-refractivity contribution in [2.75, 3.05) is 13.2 Å². The maximum atomic E-state index is 11.6. The first-order valence-corrected chi connectivity index (χ1v) is 4.90. The van der Waals surface area contributed by atoms with E-state index >= 15 is 0 Å². The van der Waals surface area contributed by atoms with Gasteiger partial charge in [-0.05, 0) is 20.8 Å². The number of ether oxygens (including phenoxy) is 1. The smallest absolute Gasteiger partial charge is 0.421 e. The van der Waals surface area contributed by atoms with Crippen molar-refractivity contribution in [3.63, 3.8) is 0 Å². The lowest BCUT2D eigenvalue weighted by molar-refractivity contribution is 0.170. The van der Waals surface area contributed by atoms with Crippen molar-refractivity contribution < 1.29 is 13.7 Å². The fourth-order valence-corrected chi connectivity index (χ4v) is 1.95. The third kappa shape index (κ3) is 1.77. The lowest BCUT2D eigenvalue weighted by Gasteiger charge is -2.22. The monoisotopic (exact) mass is 191 g/mol. The average Bonchev–Trinajstić information content (AvgIpc) is 2.31. The minimum absolute atomic E-state index is 0.348. The molecule has 70 valence electrons. The van der Waals surface area contributed by atoms with Gasteiger partial charge in [0.1, 0.15) is 17.6 Å². The van der Waals surface area contributed by atoms with Crippen LogP contribution in [0.1, 0.15) is 20.8 Å². The number of amides is 1. The Morgan fingerprint density at radius 3 is 2.42 bits per heavy atom. The summed E-state index contributed by atoms with van der Waals surface area (Å²) in [6, 6.07) is 0. The van der Waals surface area contributed by atoms with Crippen LogP contribution < -0.4 is 0 Å². The molecule has 0 aromatic heterocycles. The van der Waals surface area contributed by atoms with Gasteiger partial charge in [0.2, 0.25) is 0 Å². The zero-order valence-electron chi connectivity index (χ0n) is 7.49. The Morgan fingerprint density at radius 2 is 2.08 bits per heavy atom. The van der Waals surface area contributed by atoms with Gasteiger partial charge < -0.3 is 4.74 Å². The molecule has 1 atom stereocenters. The first-order valence-electron chi connectivity index (χ1n) is 3.79. The molecule has 0 radical (unpaired) electrons. The van der Waals surface area contributed by atoms with E-state index in [2.05, 4.69) is 4.74 Å². The summed E-state index contributed by atoms with van der Waals surface area (Å²) >= 11 is 0. The van der Waals surface area contributed by atoms with Crippen LogP contribution in [0.3, 0.4) is 0 Å². The van der Waals surface area contributed by atoms with Crippen LogP contribution in [0.4, 0.5) is 4.79 Å². The van der Waals surface area contributed by atoms with E-state index in [0.29, 0.717) is 13.2 Å². The Kier molecular flexibility index (Phi) is 2.41. The predicted molar refractivity (Wildman–Crippen MR) is 45.9 cm³/mol. The third-order valence-electron chi connectivity index (χ3n) is 1.45. The number of carbonyl (C=O) groups is 1. The molecule has 1 fully saturated rings. The first-order chi connectivity index (χ1) is 5.43. The van der Waals surface area contributed by atoms with Gasteiger partial charge in [0.05, 0.1) is 11.3 Å². The van der Waals surface area contributed by atoms with Crippen LogP contribution in [0.2, 0.25) is 0 Å². The van der Waals surface area contributed by atoms with E-state index in [1.807, 2.05) is 20.8 Å². The van der Waals surface area contributed by atoms with E-state index < -0.39 is 21.8 Å². The Bertz CT molecular complexity index is 221. The summed E-state index contributed by atoms with van der Waals surface area (Å²) < 4.78 is 17.2. The number of nitrogens with zero attached hydrogens (tertiary/aromatic N) is 1. The Labute approximate surface area is 74.5 Å². The van der Waals surface area contributed by atoms with E-state index in [1.54, 1.807) is 0 Å². The molecular weight excluding hydrogens is 178 g/mol. The number of hydrogen-bond acceptors (Lipinski definition) is 3. The van der Waals surface area contributed by atoms with Crippen LogP contribution in [-0.4, -0.2) is 32.5 Å². The van der Waals surface area contributed by atoms with E-state index in [9.17, 15) is 9.00 Å². The fraction of sp³-hybridized carbons (Fsp3) is 0.857. The van der Waals surface area contributed by atoms with Crippen molar-refractivity contribution in [2.24, 2.45) is 0 Å². The Hall–Kier alpha value is -0.580. The normalized spacial score (nSPS) is 20.9. The van der Waals surface area contributed by atoms with E-state index in [-0.39, 0.29) is 0 Å². The molecule has 1 saturated heterocycles. The zero-order chi connectivity index (χ0) is 9.35. The molecule has 12 heavy (non-hydrogen) atoms. The molecule has 0 aromatic rings. The molecule has 0 aliphatic carbocycles. The lowest BCUT2D eigenvalue weighted by atomic mass is 10.3. The molecule has 0 bridgehead atoms. The highest BCUT2D eigenvalue weighted by molar-refractivity contribution is 7.84. The van der Waals surface area contributed by atoms with Gasteiger partial charge in [0.15, 0.2) is 0 Å². The number of carbonyl (C=O) groups excluding carboxylic acids is 1. The van der Waals surface area contributed by atoms with Crippen LogP contribution in [0.5, 0.6) is 0 Å². The summed E-state index contributed by atoms with van der Waals surface area (Å²) in [5.74, 6) is 0. The minimum atomic E-state index is -1.28. The van der Waals surface area contributed by atoms with Crippen LogP contribution >= 0.6 is 0 Å². The largest absolute Gasteiger partial charge is 0.447 e. The van der Waals surface area contributed by atoms with E-state index in [4.69, 9.17) is 0 Å². The summed E-state index contributed by atoms with van der Waals surface area (Å²) in [7, 11) is -1.28. The predicted octanol–water partition coefficient (Wildman–Crippen LogP) is 0.901. The fourth-order valence-electron chi connectivity index (χ4n) is 0.860. The quantitative estimate of drug-likeness (QED) is 0.618. The van der Waals surface area contributed by atoms with Crippen LogP contribution in [0.25, 0.3) is 0 Å². The second-order valence-electron chi connectivity index (χ2n) is 3.58. The van der Waals surface area contributed by atoms with Gasteiger partial charge in [0.25, 0.3) is 0 Å². The number of rotatable bonds is 1. The number of hydrogen-bond donors (Lipinski definition) is 0. The van der Waals surface area contributed by atoms with Gasteiger partial charge in [-0.25, -0.2) is 13.3 Å². The molecule has 1 heterocycles. The van der Waals surface area contributed by atoms with Crippen LogP contribution in [0, 0.1) is 0 Å². The topological polar surface area (TPSA) is 46.6 Å². The Balaban J connectivity index is 2.71. The van der Waals surface area contributed by atoms with Gasteiger partial charge in [-0.1, -0.05) is 0 Å². The summed E-state index contributed by atoms with van der Waals surface area (Å²) in [6.45, 7) is 6.27. The molecule has 1 aliphatic rings. The van der Waals surface area contributed by atoms with Crippen molar-refractivity contribution in [2.45, 2.75) is 25.5 Å². The summed E-state index contributed by atoms with van der Waals surface area (Å²) in [5, 5.41) is 0. The zero-order valence-corrected chi connectivity index (χ0v) is 8.31. The SMILES string of the molecule is CC(C)(C)S(=O)N1CCOC1=O. The molecule has 4 nitrogen and oxygen atoms in total. The maximum Gasteiger partial charge on any atom is 0.421 e. The molecule has 0 saturated carbocycles. The highest BCUT2D eigenvalue weighted by atomic mass is 32.2. The van der Waals surface area contributed by atoms with Gasteiger partial charge >= 0.3 is 6.09 Å². The molecule has 0 aromatic carbocycles. The Morgan fingerprint density at radius 1 is 1.50 bits per heavy atom. The number of cyclic esters (lactones) is 1. The third-order valence-corrected chi connectivity index (χ3v) is 3.23. The second kappa shape index (κ2) is 3.05. The van der Waals surface area contributed by atoms with Gasteiger partial charge in [-0.3, -0.25) is 0 Å². The minimum Gasteiger partial charge on any atom is -0.447 e. The highest BCUT2D eigenvalue weighted by Crippen LogP contribution is 2.18. The molecular formula is C7H13NO3S. The van der Waals surface area contributed by atoms with Crippen molar-refractivity contribution in [1.29, 1.82) is 0 Å². The molecule has 1 amide bonds. The molecule has 1 aliphatic heterocycles. The molecule has 0 spiro atoms. The van der Waals surface area contributed by atoms with Gasteiger partial charge in [-0.15, -0.1) is 0 Å². The average molecular weight is 191 g/mol. The summed E-state index contributed by atoms with van der Waals surface area (Å²) in [6.07, 6.45) is -0.469. The van der Waals surface area contributed by atoms with Crippen LogP contribution in [-0.2, 0) is 15.7 Å². The van der Waals surface area contributed by atoms with Crippen molar-refractivity contribution >= 4 is 17.1 Å². The molecule has 5 heteroatoms. The standard InChI is InChI=1S/C7H13NO3S/c1-7(2,3)12(10)8-4-5-11-6(8)9/h4-5H2,1-3H3. The van der Waals surface area contributed by atoms with Crippen molar-refractivity contribution in [3.05, 3.63) is 0 Å². The lowest BCUT2D eigenvalue weighted by Crippen LogP contribution is -2.37. The van der Waals surface area contributed by atoms with Gasteiger partial charge in [0, 0.05) is 0 Å². The summed E-state index contributed by atoms with van der Waals surface area (Å²) in [5.41, 5.74) is 0. The maximum absolute atomic E-state index is 11.6. The van der Waals surface area contributed by atoms with Gasteiger partial charge in [-0.2, -0.15) is 0 Å². The van der Waals surface area contributed by atoms with Crippen molar-refractivity contribution in [1.82, 2.24) is 4.31 Å². The van der Waals surface area contributed by atoms with Crippen LogP contribution in [0.15, 0.2) is 0 Å². The van der Waals surface area contributed by atoms with E-state index in [0.717, 1.165) is 0 Å². The highest BCUT2D eigenvalue weighted by Gasteiger charge is 2.34. The molecule has 1 unspecified atom stereocenters. The molecule has 0 N–H and O–H groups in total. The second-order valence-corrected chi connectivity index (χ2v) is 5.74. The summed E-state index contributed by atoms with van der Waals surface area (Å²) in [4.78, 5) is 11.0. The first kappa shape index (κ1) is 9.51. The van der Waals surface area contributed by atoms with E-state index in [1.165, 1.54) is 4.31 Å². The molecule has 1 rings (SSSR count). The van der Waals surface area contributed by atoms with Crippen molar-refractivity contribution in [3.8, 4) is 0 Å².